The molecule has 1 rings (SSSR count). The highest BCUT2D eigenvalue weighted by atomic mass is 16.5. The summed E-state index contributed by atoms with van der Waals surface area (Å²) in [6.07, 6.45) is 7.27. The molecule has 0 aromatic rings. The van der Waals surface area contributed by atoms with Crippen LogP contribution in [-0.2, 0) is 4.74 Å². The molecule has 1 heterocycles. The van der Waals surface area contributed by atoms with E-state index in [0.29, 0.717) is 12.0 Å². The summed E-state index contributed by atoms with van der Waals surface area (Å²) >= 11 is 0. The van der Waals surface area contributed by atoms with E-state index in [0.717, 1.165) is 12.2 Å². The summed E-state index contributed by atoms with van der Waals surface area (Å²) in [6, 6.07) is 0. The molecule has 1 aliphatic rings. The molecule has 0 aliphatic carbocycles. The number of hydrogen-bond donors (Lipinski definition) is 0. The normalized spacial score (nSPS) is 27.6. The van der Waals surface area contributed by atoms with E-state index in [4.69, 9.17) is 4.74 Å². The second-order valence-corrected chi connectivity index (χ2v) is 3.47. The second kappa shape index (κ2) is 4.34. The predicted molar refractivity (Wildman–Crippen MR) is 51.8 cm³/mol. The molecule has 2 unspecified atom stereocenters. The van der Waals surface area contributed by atoms with Gasteiger partial charge < -0.3 is 4.74 Å². The molecule has 1 saturated heterocycles. The van der Waals surface area contributed by atoms with Crippen LogP contribution in [0.25, 0.3) is 0 Å². The van der Waals surface area contributed by atoms with Gasteiger partial charge >= 0.3 is 0 Å². The third-order valence-corrected chi connectivity index (χ3v) is 2.49. The van der Waals surface area contributed by atoms with Crippen molar-refractivity contribution in [3.05, 3.63) is 25.0 Å². The number of rotatable bonds is 5. The standard InChI is InChI=1S/C11H18O/c1-4-5-6-7-8-11-9(2)12-10(11)3/h4,10-11H,1-2,5-8H2,3H3. The molecule has 0 saturated carbocycles. The first-order valence-corrected chi connectivity index (χ1v) is 4.72. The molecule has 0 spiro atoms. The van der Waals surface area contributed by atoms with Gasteiger partial charge in [0.25, 0.3) is 0 Å². The van der Waals surface area contributed by atoms with Crippen molar-refractivity contribution in [2.24, 2.45) is 5.92 Å². The second-order valence-electron chi connectivity index (χ2n) is 3.47. The molecule has 12 heavy (non-hydrogen) atoms. The van der Waals surface area contributed by atoms with Crippen LogP contribution < -0.4 is 0 Å². The van der Waals surface area contributed by atoms with Crippen molar-refractivity contribution in [1.82, 2.24) is 0 Å². The molecule has 0 radical (unpaired) electrons. The van der Waals surface area contributed by atoms with Crippen LogP contribution in [0.1, 0.15) is 32.6 Å². The lowest BCUT2D eigenvalue weighted by atomic mass is 9.90. The molecule has 1 heteroatoms. The molecular formula is C11H18O. The molecule has 1 fully saturated rings. The maximum Gasteiger partial charge on any atom is 0.105 e. The summed E-state index contributed by atoms with van der Waals surface area (Å²) < 4.78 is 5.29. The monoisotopic (exact) mass is 166 g/mol. The maximum atomic E-state index is 5.29. The van der Waals surface area contributed by atoms with Gasteiger partial charge in [0.05, 0.1) is 11.7 Å². The van der Waals surface area contributed by atoms with Crippen LogP contribution in [0.5, 0.6) is 0 Å². The Morgan fingerprint density at radius 3 is 2.75 bits per heavy atom. The molecule has 68 valence electrons. The lowest BCUT2D eigenvalue weighted by molar-refractivity contribution is -0.0334. The molecule has 0 N–H and O–H groups in total. The Balaban J connectivity index is 2.06. The van der Waals surface area contributed by atoms with Crippen molar-refractivity contribution in [2.45, 2.75) is 38.7 Å². The van der Waals surface area contributed by atoms with Crippen LogP contribution in [0, 0.1) is 5.92 Å². The third-order valence-electron chi connectivity index (χ3n) is 2.49. The van der Waals surface area contributed by atoms with Gasteiger partial charge in [0.15, 0.2) is 0 Å². The molecule has 0 aromatic carbocycles. The molecule has 0 bridgehead atoms. The van der Waals surface area contributed by atoms with Crippen molar-refractivity contribution >= 4 is 0 Å². The SMILES string of the molecule is C=CCCCCC1C(=C)OC1C. The maximum absolute atomic E-state index is 5.29. The van der Waals surface area contributed by atoms with E-state index >= 15 is 0 Å². The highest BCUT2D eigenvalue weighted by molar-refractivity contribution is 5.03. The first kappa shape index (κ1) is 9.37. The lowest BCUT2D eigenvalue weighted by Crippen LogP contribution is -2.34. The quantitative estimate of drug-likeness (QED) is 0.450. The zero-order valence-corrected chi connectivity index (χ0v) is 7.88. The molecular weight excluding hydrogens is 148 g/mol. The van der Waals surface area contributed by atoms with E-state index < -0.39 is 0 Å². The van der Waals surface area contributed by atoms with Gasteiger partial charge in [0, 0.05) is 0 Å². The largest absolute Gasteiger partial charge is 0.494 e. The van der Waals surface area contributed by atoms with E-state index in [1.165, 1.54) is 19.3 Å². The van der Waals surface area contributed by atoms with Gasteiger partial charge in [0.2, 0.25) is 0 Å². The van der Waals surface area contributed by atoms with E-state index in [2.05, 4.69) is 20.1 Å². The van der Waals surface area contributed by atoms with E-state index in [1.807, 2.05) is 6.08 Å². The predicted octanol–water partition coefficient (Wildman–Crippen LogP) is 3.28. The summed E-state index contributed by atoms with van der Waals surface area (Å²) in [6.45, 7) is 9.67. The Kier molecular flexibility index (Phi) is 3.39. The Hall–Kier alpha value is -0.720. The number of hydrogen-bond acceptors (Lipinski definition) is 1. The fourth-order valence-corrected chi connectivity index (χ4v) is 1.65. The summed E-state index contributed by atoms with van der Waals surface area (Å²) in [5.74, 6) is 1.61. The molecule has 2 atom stereocenters. The van der Waals surface area contributed by atoms with Gasteiger partial charge in [-0.05, 0) is 26.2 Å². The average molecular weight is 166 g/mol. The van der Waals surface area contributed by atoms with Gasteiger partial charge in [-0.25, -0.2) is 0 Å². The molecule has 1 aliphatic heterocycles. The summed E-state index contributed by atoms with van der Waals surface area (Å²) in [5.41, 5.74) is 0. The molecule has 0 aromatic heterocycles. The van der Waals surface area contributed by atoms with Gasteiger partial charge in [-0.15, -0.1) is 6.58 Å². The van der Waals surface area contributed by atoms with Crippen molar-refractivity contribution in [3.8, 4) is 0 Å². The van der Waals surface area contributed by atoms with Gasteiger partial charge in [-0.1, -0.05) is 19.1 Å². The Morgan fingerprint density at radius 2 is 2.25 bits per heavy atom. The first-order chi connectivity index (χ1) is 5.75. The van der Waals surface area contributed by atoms with E-state index in [-0.39, 0.29) is 0 Å². The zero-order chi connectivity index (χ0) is 8.97. The van der Waals surface area contributed by atoms with Crippen molar-refractivity contribution < 1.29 is 4.74 Å². The van der Waals surface area contributed by atoms with Gasteiger partial charge in [-0.2, -0.15) is 0 Å². The Labute approximate surface area is 75.1 Å². The van der Waals surface area contributed by atoms with Crippen molar-refractivity contribution in [3.63, 3.8) is 0 Å². The number of unbranched alkanes of at least 4 members (excludes halogenated alkanes) is 2. The lowest BCUT2D eigenvalue weighted by Gasteiger charge is -2.37. The minimum absolute atomic E-state index is 0.404. The van der Waals surface area contributed by atoms with Crippen LogP contribution in [0.4, 0.5) is 0 Å². The minimum atomic E-state index is 0.404. The van der Waals surface area contributed by atoms with Crippen LogP contribution in [0.2, 0.25) is 0 Å². The van der Waals surface area contributed by atoms with Crippen LogP contribution in [0.15, 0.2) is 25.0 Å². The molecule has 1 nitrogen and oxygen atoms in total. The van der Waals surface area contributed by atoms with E-state index in [1.54, 1.807) is 0 Å². The van der Waals surface area contributed by atoms with Crippen LogP contribution >= 0.6 is 0 Å². The number of ether oxygens (including phenoxy) is 1. The van der Waals surface area contributed by atoms with Gasteiger partial charge in [-0.3, -0.25) is 0 Å². The molecule has 0 amide bonds. The third kappa shape index (κ3) is 2.13. The van der Waals surface area contributed by atoms with E-state index in [9.17, 15) is 0 Å². The minimum Gasteiger partial charge on any atom is -0.494 e. The average Bonchev–Trinajstić information content (AvgIpc) is 2.04. The Morgan fingerprint density at radius 1 is 1.50 bits per heavy atom. The first-order valence-electron chi connectivity index (χ1n) is 4.72. The zero-order valence-electron chi connectivity index (χ0n) is 7.88. The van der Waals surface area contributed by atoms with Crippen LogP contribution in [-0.4, -0.2) is 6.10 Å². The van der Waals surface area contributed by atoms with Crippen molar-refractivity contribution in [1.29, 1.82) is 0 Å². The topological polar surface area (TPSA) is 9.23 Å². The summed E-state index contributed by atoms with van der Waals surface area (Å²) in [7, 11) is 0. The smallest absolute Gasteiger partial charge is 0.105 e. The Bertz CT molecular complexity index is 172. The summed E-state index contributed by atoms with van der Waals surface area (Å²) in [5, 5.41) is 0. The van der Waals surface area contributed by atoms with Crippen LogP contribution in [0.3, 0.4) is 0 Å². The number of allylic oxidation sites excluding steroid dienone is 1. The highest BCUT2D eigenvalue weighted by Gasteiger charge is 2.32. The fourth-order valence-electron chi connectivity index (χ4n) is 1.65. The van der Waals surface area contributed by atoms with Gasteiger partial charge in [0.1, 0.15) is 6.10 Å². The fraction of sp³-hybridized carbons (Fsp3) is 0.636. The highest BCUT2D eigenvalue weighted by Crippen LogP contribution is 2.34. The van der Waals surface area contributed by atoms with Crippen molar-refractivity contribution in [2.75, 3.05) is 0 Å². The summed E-state index contributed by atoms with van der Waals surface area (Å²) in [4.78, 5) is 0.